The number of amides is 2. The summed E-state index contributed by atoms with van der Waals surface area (Å²) in [6.07, 6.45) is 1.72. The van der Waals surface area contributed by atoms with Crippen molar-refractivity contribution in [3.05, 3.63) is 65.8 Å². The molecule has 0 aliphatic carbocycles. The molecular weight excluding hydrogens is 318 g/mol. The van der Waals surface area contributed by atoms with Crippen LogP contribution in [0.5, 0.6) is 0 Å². The number of nitrogens with two attached hydrogens (primary N) is 1. The lowest BCUT2D eigenvalue weighted by Gasteiger charge is -2.18. The highest BCUT2D eigenvalue weighted by Crippen LogP contribution is 2.37. The molecule has 2 amide bonds. The van der Waals surface area contributed by atoms with Crippen molar-refractivity contribution in [3.63, 3.8) is 0 Å². The minimum Gasteiger partial charge on any atom is -0.351 e. The van der Waals surface area contributed by atoms with E-state index in [1.165, 1.54) is 16.2 Å². The maximum atomic E-state index is 11.9. The number of thiazole rings is 1. The van der Waals surface area contributed by atoms with E-state index in [0.717, 1.165) is 10.4 Å². The number of anilines is 2. The van der Waals surface area contributed by atoms with Crippen LogP contribution in [0.15, 0.2) is 60.8 Å². The zero-order valence-corrected chi connectivity index (χ0v) is 13.0. The highest BCUT2D eigenvalue weighted by molar-refractivity contribution is 7.19. The molecule has 0 saturated heterocycles. The third-order valence-corrected chi connectivity index (χ3v) is 4.41. The smallest absolute Gasteiger partial charge is 0.325 e. The van der Waals surface area contributed by atoms with Gasteiger partial charge < -0.3 is 5.73 Å². The predicted molar refractivity (Wildman–Crippen MR) is 90.7 cm³/mol. The first-order valence-electron chi connectivity index (χ1n) is 6.52. The molecular formula is C16H12ClN3OS. The molecule has 4 nitrogen and oxygen atoms in total. The molecule has 0 fully saturated rings. The van der Waals surface area contributed by atoms with E-state index in [1.807, 2.05) is 30.3 Å². The van der Waals surface area contributed by atoms with Gasteiger partial charge in [0.05, 0.1) is 15.6 Å². The van der Waals surface area contributed by atoms with Crippen LogP contribution in [-0.2, 0) is 0 Å². The Morgan fingerprint density at radius 2 is 1.77 bits per heavy atom. The van der Waals surface area contributed by atoms with E-state index in [9.17, 15) is 4.79 Å². The number of primary amides is 1. The number of halogens is 1. The molecule has 0 aliphatic heterocycles. The van der Waals surface area contributed by atoms with Crippen molar-refractivity contribution >= 4 is 39.8 Å². The Balaban J connectivity index is 2.03. The van der Waals surface area contributed by atoms with Crippen molar-refractivity contribution in [1.82, 2.24) is 4.98 Å². The number of carbonyl (C=O) groups excluding carboxylic acids is 1. The Bertz CT molecular complexity index is 804. The van der Waals surface area contributed by atoms with Crippen LogP contribution in [0.4, 0.5) is 15.6 Å². The summed E-state index contributed by atoms with van der Waals surface area (Å²) in [4.78, 5) is 18.4. The van der Waals surface area contributed by atoms with E-state index in [-0.39, 0.29) is 0 Å². The molecule has 0 unspecified atom stereocenters. The topological polar surface area (TPSA) is 59.2 Å². The summed E-state index contributed by atoms with van der Waals surface area (Å²) in [5.74, 6) is 0. The molecule has 6 heteroatoms. The molecule has 0 bridgehead atoms. The number of nitrogens with zero attached hydrogens (tertiary/aromatic N) is 2. The maximum absolute atomic E-state index is 11.9. The predicted octanol–water partition coefficient (Wildman–Crippen LogP) is 4.68. The fraction of sp³-hybridized carbons (Fsp3) is 0. The van der Waals surface area contributed by atoms with Crippen molar-refractivity contribution in [2.75, 3.05) is 4.90 Å². The van der Waals surface area contributed by atoms with Crippen LogP contribution in [0.25, 0.3) is 10.4 Å². The van der Waals surface area contributed by atoms with Crippen LogP contribution >= 0.6 is 22.9 Å². The summed E-state index contributed by atoms with van der Waals surface area (Å²) in [6.45, 7) is 0. The number of benzene rings is 2. The molecule has 1 aromatic heterocycles. The van der Waals surface area contributed by atoms with Gasteiger partial charge in [-0.25, -0.2) is 14.7 Å². The van der Waals surface area contributed by atoms with Crippen LogP contribution < -0.4 is 10.6 Å². The number of urea groups is 1. The average Bonchev–Trinajstić information content (AvgIpc) is 2.99. The molecule has 2 aromatic carbocycles. The summed E-state index contributed by atoms with van der Waals surface area (Å²) in [6, 6.07) is 16.2. The van der Waals surface area contributed by atoms with E-state index < -0.39 is 6.03 Å². The Kier molecular flexibility index (Phi) is 4.09. The van der Waals surface area contributed by atoms with Gasteiger partial charge in [0.1, 0.15) is 0 Å². The number of aromatic nitrogens is 1. The number of para-hydroxylation sites is 1. The van der Waals surface area contributed by atoms with Gasteiger partial charge in [-0.15, -0.1) is 0 Å². The maximum Gasteiger partial charge on any atom is 0.325 e. The molecule has 0 spiro atoms. The van der Waals surface area contributed by atoms with Gasteiger partial charge in [-0.1, -0.05) is 65.4 Å². The van der Waals surface area contributed by atoms with E-state index in [4.69, 9.17) is 17.3 Å². The Morgan fingerprint density at radius 3 is 2.45 bits per heavy atom. The van der Waals surface area contributed by atoms with Crippen molar-refractivity contribution in [1.29, 1.82) is 0 Å². The third-order valence-electron chi connectivity index (χ3n) is 3.06. The number of rotatable bonds is 3. The first kappa shape index (κ1) is 14.6. The molecule has 3 rings (SSSR count). The number of hydrogen-bond acceptors (Lipinski definition) is 3. The SMILES string of the molecule is NC(=O)N(c1ncc(-c2ccccc2)s1)c1ccccc1Cl. The molecule has 110 valence electrons. The summed E-state index contributed by atoms with van der Waals surface area (Å²) in [5, 5.41) is 0.928. The van der Waals surface area contributed by atoms with Crippen molar-refractivity contribution in [2.24, 2.45) is 5.73 Å². The van der Waals surface area contributed by atoms with Gasteiger partial charge in [-0.3, -0.25) is 0 Å². The quantitative estimate of drug-likeness (QED) is 0.758. The first-order chi connectivity index (χ1) is 10.7. The minimum absolute atomic E-state index is 0.442. The van der Waals surface area contributed by atoms with Crippen molar-refractivity contribution < 1.29 is 4.79 Å². The Morgan fingerprint density at radius 1 is 1.09 bits per heavy atom. The zero-order chi connectivity index (χ0) is 15.5. The van der Waals surface area contributed by atoms with Gasteiger partial charge in [0.2, 0.25) is 0 Å². The summed E-state index contributed by atoms with van der Waals surface area (Å²) < 4.78 is 0. The van der Waals surface area contributed by atoms with Gasteiger partial charge in [0.25, 0.3) is 0 Å². The van der Waals surface area contributed by atoms with E-state index in [2.05, 4.69) is 4.98 Å². The fourth-order valence-electron chi connectivity index (χ4n) is 2.05. The van der Waals surface area contributed by atoms with Gasteiger partial charge >= 0.3 is 6.03 Å². The van der Waals surface area contributed by atoms with Gasteiger partial charge in [0, 0.05) is 6.20 Å². The molecule has 0 aliphatic rings. The average molecular weight is 330 g/mol. The van der Waals surface area contributed by atoms with Gasteiger partial charge in [0.15, 0.2) is 5.13 Å². The largest absolute Gasteiger partial charge is 0.351 e. The van der Waals surface area contributed by atoms with Crippen LogP contribution in [0, 0.1) is 0 Å². The highest BCUT2D eigenvalue weighted by atomic mass is 35.5. The van der Waals surface area contributed by atoms with Crippen LogP contribution in [0.2, 0.25) is 5.02 Å². The van der Waals surface area contributed by atoms with Gasteiger partial charge in [-0.2, -0.15) is 0 Å². The Hall–Kier alpha value is -2.37. The lowest BCUT2D eigenvalue weighted by Crippen LogP contribution is -2.31. The molecule has 0 atom stereocenters. The number of carbonyl (C=O) groups is 1. The van der Waals surface area contributed by atoms with E-state index in [0.29, 0.717) is 15.8 Å². The lowest BCUT2D eigenvalue weighted by molar-refractivity contribution is 0.256. The fourth-order valence-corrected chi connectivity index (χ4v) is 3.21. The summed E-state index contributed by atoms with van der Waals surface area (Å²) in [5.41, 5.74) is 7.07. The molecule has 22 heavy (non-hydrogen) atoms. The second kappa shape index (κ2) is 6.17. The molecule has 0 radical (unpaired) electrons. The normalized spacial score (nSPS) is 10.4. The van der Waals surface area contributed by atoms with E-state index in [1.54, 1.807) is 30.5 Å². The molecule has 1 heterocycles. The highest BCUT2D eigenvalue weighted by Gasteiger charge is 2.21. The van der Waals surface area contributed by atoms with Gasteiger partial charge in [-0.05, 0) is 17.7 Å². The zero-order valence-electron chi connectivity index (χ0n) is 11.4. The van der Waals surface area contributed by atoms with Crippen LogP contribution in [0.1, 0.15) is 0 Å². The first-order valence-corrected chi connectivity index (χ1v) is 7.71. The minimum atomic E-state index is -0.623. The standard InChI is InChI=1S/C16H12ClN3OS/c17-12-8-4-5-9-13(12)20(15(18)21)16-19-10-14(22-16)11-6-2-1-3-7-11/h1-10H,(H2,18,21). The third kappa shape index (κ3) is 2.81. The second-order valence-electron chi connectivity index (χ2n) is 4.50. The Labute approximate surface area is 136 Å². The van der Waals surface area contributed by atoms with Crippen molar-refractivity contribution in [2.45, 2.75) is 0 Å². The van der Waals surface area contributed by atoms with Crippen LogP contribution in [-0.4, -0.2) is 11.0 Å². The summed E-state index contributed by atoms with van der Waals surface area (Å²) >= 11 is 7.55. The lowest BCUT2D eigenvalue weighted by atomic mass is 10.2. The summed E-state index contributed by atoms with van der Waals surface area (Å²) in [7, 11) is 0. The molecule has 2 N–H and O–H groups in total. The monoisotopic (exact) mass is 329 g/mol. The van der Waals surface area contributed by atoms with Crippen molar-refractivity contribution in [3.8, 4) is 10.4 Å². The molecule has 3 aromatic rings. The molecule has 0 saturated carbocycles. The van der Waals surface area contributed by atoms with Crippen LogP contribution in [0.3, 0.4) is 0 Å². The second-order valence-corrected chi connectivity index (χ2v) is 5.91. The van der Waals surface area contributed by atoms with E-state index >= 15 is 0 Å². The number of hydrogen-bond donors (Lipinski definition) is 1.